The second-order valence-corrected chi connectivity index (χ2v) is 4.86. The van der Waals surface area contributed by atoms with E-state index in [2.05, 4.69) is 6.58 Å². The molecule has 0 unspecified atom stereocenters. The lowest BCUT2D eigenvalue weighted by Crippen LogP contribution is -2.31. The molecule has 1 aliphatic rings. The third-order valence-electron chi connectivity index (χ3n) is 2.91. The highest BCUT2D eigenvalue weighted by atomic mass is 16.7. The summed E-state index contributed by atoms with van der Waals surface area (Å²) in [4.78, 5) is 0. The summed E-state index contributed by atoms with van der Waals surface area (Å²) in [7, 11) is 0. The summed E-state index contributed by atoms with van der Waals surface area (Å²) in [5.41, 5.74) is 1.14. The van der Waals surface area contributed by atoms with Crippen molar-refractivity contribution >= 4 is 0 Å². The van der Waals surface area contributed by atoms with Gasteiger partial charge in [0.2, 0.25) is 0 Å². The zero-order chi connectivity index (χ0) is 13.0. The highest BCUT2D eigenvalue weighted by Crippen LogP contribution is 2.26. The summed E-state index contributed by atoms with van der Waals surface area (Å²) >= 11 is 0. The van der Waals surface area contributed by atoms with Gasteiger partial charge in [0.25, 0.3) is 0 Å². The molecule has 0 amide bonds. The van der Waals surface area contributed by atoms with Gasteiger partial charge in [0.05, 0.1) is 13.2 Å². The van der Waals surface area contributed by atoms with Crippen molar-refractivity contribution in [2.75, 3.05) is 6.61 Å². The van der Waals surface area contributed by atoms with Crippen LogP contribution in [0.25, 0.3) is 0 Å². The second-order valence-electron chi connectivity index (χ2n) is 4.86. The standard InChI is InChI=1S/C15H20O3/c1-4-13(14-11-17-15(2,3)18-14)16-10-12-8-6-5-7-9-12/h4-9,13-14H,1,10-11H2,2-3H3/t13-,14-/m1/s1. The second kappa shape index (κ2) is 5.65. The maximum absolute atomic E-state index is 5.83. The predicted octanol–water partition coefficient (Wildman–Crippen LogP) is 2.91. The molecule has 2 rings (SSSR count). The summed E-state index contributed by atoms with van der Waals surface area (Å²) in [5.74, 6) is -0.526. The Bertz CT molecular complexity index is 386. The van der Waals surface area contributed by atoms with Crippen molar-refractivity contribution in [2.45, 2.75) is 38.4 Å². The summed E-state index contributed by atoms with van der Waals surface area (Å²) in [6.07, 6.45) is 1.55. The van der Waals surface area contributed by atoms with Crippen LogP contribution in [0.2, 0.25) is 0 Å². The molecule has 1 aliphatic heterocycles. The maximum atomic E-state index is 5.83. The van der Waals surface area contributed by atoms with Gasteiger partial charge < -0.3 is 14.2 Å². The van der Waals surface area contributed by atoms with Gasteiger partial charge in [-0.3, -0.25) is 0 Å². The van der Waals surface area contributed by atoms with Gasteiger partial charge in [-0.15, -0.1) is 6.58 Å². The van der Waals surface area contributed by atoms with E-state index in [1.807, 2.05) is 44.2 Å². The van der Waals surface area contributed by atoms with Gasteiger partial charge in [-0.1, -0.05) is 36.4 Å². The Labute approximate surface area is 108 Å². The fraction of sp³-hybridized carbons (Fsp3) is 0.467. The van der Waals surface area contributed by atoms with Gasteiger partial charge in [-0.2, -0.15) is 0 Å². The monoisotopic (exact) mass is 248 g/mol. The van der Waals surface area contributed by atoms with Crippen molar-refractivity contribution in [2.24, 2.45) is 0 Å². The van der Waals surface area contributed by atoms with Gasteiger partial charge in [-0.25, -0.2) is 0 Å². The lowest BCUT2D eigenvalue weighted by atomic mass is 10.2. The molecule has 1 aromatic carbocycles. The molecule has 18 heavy (non-hydrogen) atoms. The average molecular weight is 248 g/mol. The number of hydrogen-bond donors (Lipinski definition) is 0. The third kappa shape index (κ3) is 3.42. The van der Waals surface area contributed by atoms with Gasteiger partial charge in [-0.05, 0) is 19.4 Å². The molecule has 1 aromatic rings. The molecular weight excluding hydrogens is 228 g/mol. The Kier molecular flexibility index (Phi) is 4.17. The Morgan fingerprint density at radius 2 is 2.17 bits per heavy atom. The summed E-state index contributed by atoms with van der Waals surface area (Å²) in [6.45, 7) is 8.71. The van der Waals surface area contributed by atoms with Crippen molar-refractivity contribution < 1.29 is 14.2 Å². The molecular formula is C15H20O3. The molecule has 3 nitrogen and oxygen atoms in total. The summed E-state index contributed by atoms with van der Waals surface area (Å²) < 4.78 is 17.1. The molecule has 0 aliphatic carbocycles. The van der Waals surface area contributed by atoms with Gasteiger partial charge >= 0.3 is 0 Å². The van der Waals surface area contributed by atoms with Crippen LogP contribution in [0.3, 0.4) is 0 Å². The molecule has 0 aromatic heterocycles. The van der Waals surface area contributed by atoms with E-state index >= 15 is 0 Å². The summed E-state index contributed by atoms with van der Waals surface area (Å²) in [5, 5.41) is 0. The van der Waals surface area contributed by atoms with Crippen molar-refractivity contribution in [3.8, 4) is 0 Å². The van der Waals surface area contributed by atoms with Crippen molar-refractivity contribution in [1.29, 1.82) is 0 Å². The van der Waals surface area contributed by atoms with E-state index < -0.39 is 5.79 Å². The van der Waals surface area contributed by atoms with Crippen LogP contribution in [0.5, 0.6) is 0 Å². The molecule has 1 fully saturated rings. The minimum Gasteiger partial charge on any atom is -0.367 e. The van der Waals surface area contributed by atoms with Crippen LogP contribution in [0.4, 0.5) is 0 Å². The fourth-order valence-corrected chi connectivity index (χ4v) is 1.97. The lowest BCUT2D eigenvalue weighted by Gasteiger charge is -2.22. The van der Waals surface area contributed by atoms with Crippen LogP contribution in [0, 0.1) is 0 Å². The number of benzene rings is 1. The van der Waals surface area contributed by atoms with Gasteiger partial charge in [0.1, 0.15) is 12.2 Å². The molecule has 0 spiro atoms. The van der Waals surface area contributed by atoms with Crippen molar-refractivity contribution in [1.82, 2.24) is 0 Å². The Balaban J connectivity index is 1.89. The molecule has 0 radical (unpaired) electrons. The van der Waals surface area contributed by atoms with E-state index in [-0.39, 0.29) is 12.2 Å². The first kappa shape index (κ1) is 13.3. The van der Waals surface area contributed by atoms with Crippen LogP contribution >= 0.6 is 0 Å². The van der Waals surface area contributed by atoms with Crippen molar-refractivity contribution in [3.05, 3.63) is 48.6 Å². The van der Waals surface area contributed by atoms with E-state index in [4.69, 9.17) is 14.2 Å². The van der Waals surface area contributed by atoms with E-state index in [1.54, 1.807) is 6.08 Å². The Hall–Kier alpha value is -1.16. The van der Waals surface area contributed by atoms with Crippen LogP contribution < -0.4 is 0 Å². The maximum Gasteiger partial charge on any atom is 0.163 e. The van der Waals surface area contributed by atoms with Crippen molar-refractivity contribution in [3.63, 3.8) is 0 Å². The third-order valence-corrected chi connectivity index (χ3v) is 2.91. The molecule has 0 bridgehead atoms. The zero-order valence-corrected chi connectivity index (χ0v) is 11.0. The molecule has 1 saturated heterocycles. The number of hydrogen-bond acceptors (Lipinski definition) is 3. The highest BCUT2D eigenvalue weighted by Gasteiger charge is 2.36. The first-order chi connectivity index (χ1) is 8.61. The zero-order valence-electron chi connectivity index (χ0n) is 11.0. The first-order valence-electron chi connectivity index (χ1n) is 6.20. The van der Waals surface area contributed by atoms with Crippen LogP contribution in [0.1, 0.15) is 19.4 Å². The van der Waals surface area contributed by atoms with E-state index in [1.165, 1.54) is 0 Å². The van der Waals surface area contributed by atoms with E-state index in [0.717, 1.165) is 5.56 Å². The van der Waals surface area contributed by atoms with Crippen LogP contribution in [0.15, 0.2) is 43.0 Å². The first-order valence-corrected chi connectivity index (χ1v) is 6.20. The van der Waals surface area contributed by atoms with E-state index in [0.29, 0.717) is 13.2 Å². The minimum absolute atomic E-state index is 0.0822. The largest absolute Gasteiger partial charge is 0.367 e. The molecule has 2 atom stereocenters. The molecule has 0 saturated carbocycles. The van der Waals surface area contributed by atoms with E-state index in [9.17, 15) is 0 Å². The predicted molar refractivity (Wildman–Crippen MR) is 70.1 cm³/mol. The molecule has 0 N–H and O–H groups in total. The fourth-order valence-electron chi connectivity index (χ4n) is 1.97. The number of rotatable bonds is 5. The Morgan fingerprint density at radius 1 is 1.44 bits per heavy atom. The summed E-state index contributed by atoms with van der Waals surface area (Å²) in [6, 6.07) is 10.1. The highest BCUT2D eigenvalue weighted by molar-refractivity contribution is 5.13. The van der Waals surface area contributed by atoms with Crippen LogP contribution in [-0.2, 0) is 20.8 Å². The van der Waals surface area contributed by atoms with Gasteiger partial charge in [0, 0.05) is 0 Å². The topological polar surface area (TPSA) is 27.7 Å². The Morgan fingerprint density at radius 3 is 2.72 bits per heavy atom. The van der Waals surface area contributed by atoms with Gasteiger partial charge in [0.15, 0.2) is 5.79 Å². The molecule has 98 valence electrons. The lowest BCUT2D eigenvalue weighted by molar-refractivity contribution is -0.152. The minimum atomic E-state index is -0.526. The smallest absolute Gasteiger partial charge is 0.163 e. The quantitative estimate of drug-likeness (QED) is 0.750. The normalized spacial score (nSPS) is 23.8. The average Bonchev–Trinajstić information content (AvgIpc) is 2.72. The SMILES string of the molecule is C=C[C@@H](OCc1ccccc1)[C@H]1COC(C)(C)O1. The number of ether oxygens (including phenoxy) is 3. The molecule has 3 heteroatoms. The van der Waals surface area contributed by atoms with Crippen LogP contribution in [-0.4, -0.2) is 24.6 Å². The molecule has 1 heterocycles.